The zero-order chi connectivity index (χ0) is 15.4. The van der Waals surface area contributed by atoms with Crippen LogP contribution in [0.3, 0.4) is 0 Å². The number of ether oxygens (including phenoxy) is 1. The quantitative estimate of drug-likeness (QED) is 0.708. The van der Waals surface area contributed by atoms with Gasteiger partial charge >= 0.3 is 0 Å². The van der Waals surface area contributed by atoms with Gasteiger partial charge in [0.05, 0.1) is 6.61 Å². The van der Waals surface area contributed by atoms with Gasteiger partial charge in [-0.15, -0.1) is 11.6 Å². The van der Waals surface area contributed by atoms with E-state index in [1.54, 1.807) is 0 Å². The van der Waals surface area contributed by atoms with E-state index < -0.39 is 0 Å². The third-order valence-corrected chi connectivity index (χ3v) is 5.06. The van der Waals surface area contributed by atoms with Crippen LogP contribution < -0.4 is 0 Å². The molecule has 0 fully saturated rings. The van der Waals surface area contributed by atoms with Crippen molar-refractivity contribution in [3.63, 3.8) is 0 Å². The summed E-state index contributed by atoms with van der Waals surface area (Å²) >= 11 is 13.8. The molecule has 0 aromatic heterocycles. The summed E-state index contributed by atoms with van der Waals surface area (Å²) in [6.45, 7) is 0.607. The second kappa shape index (κ2) is 7.51. The summed E-state index contributed by atoms with van der Waals surface area (Å²) in [5.41, 5.74) is 2.27. The molecule has 1 aliphatic heterocycles. The zero-order valence-corrected chi connectivity index (χ0v) is 14.1. The first kappa shape index (κ1) is 15.9. The number of hydrogen-bond donors (Lipinski definition) is 0. The molecule has 2 atom stereocenters. The van der Waals surface area contributed by atoms with Crippen LogP contribution in [0, 0.1) is 0 Å². The largest absolute Gasteiger partial charge is 0.354 e. The van der Waals surface area contributed by atoms with Crippen molar-refractivity contribution in [2.24, 2.45) is 4.99 Å². The molecule has 0 aliphatic carbocycles. The molecule has 2 aromatic carbocycles. The van der Waals surface area contributed by atoms with Crippen molar-refractivity contribution in [2.45, 2.75) is 17.4 Å². The van der Waals surface area contributed by atoms with Crippen LogP contribution in [-0.4, -0.2) is 22.6 Å². The predicted octanol–water partition coefficient (Wildman–Crippen LogP) is 4.98. The first-order valence-corrected chi connectivity index (χ1v) is 8.72. The Bertz CT molecular complexity index is 645. The second-order valence-electron chi connectivity index (χ2n) is 4.91. The number of halogens is 2. The first-order valence-electron chi connectivity index (χ1n) is 7.02. The highest BCUT2D eigenvalue weighted by Gasteiger charge is 2.29. The van der Waals surface area contributed by atoms with Gasteiger partial charge in [-0.1, -0.05) is 65.8 Å². The smallest absolute Gasteiger partial charge is 0.175 e. The Morgan fingerprint density at radius 2 is 1.77 bits per heavy atom. The first-order chi connectivity index (χ1) is 10.7. The lowest BCUT2D eigenvalue weighted by Crippen LogP contribution is -2.17. The summed E-state index contributed by atoms with van der Waals surface area (Å²) in [6.07, 6.45) is 0.554. The molecular weight excluding hydrogens is 337 g/mol. The fourth-order valence-electron chi connectivity index (χ4n) is 2.16. The summed E-state index contributed by atoms with van der Waals surface area (Å²) in [7, 11) is 0. The molecule has 1 heterocycles. The topological polar surface area (TPSA) is 21.6 Å². The summed E-state index contributed by atoms with van der Waals surface area (Å²) < 4.78 is 5.64. The van der Waals surface area contributed by atoms with Gasteiger partial charge in [-0.2, -0.15) is 0 Å². The van der Waals surface area contributed by atoms with Crippen LogP contribution in [0.4, 0.5) is 0 Å². The van der Waals surface area contributed by atoms with E-state index in [9.17, 15) is 0 Å². The van der Waals surface area contributed by atoms with Crippen molar-refractivity contribution < 1.29 is 4.74 Å². The number of benzene rings is 2. The predicted molar refractivity (Wildman–Crippen MR) is 95.1 cm³/mol. The van der Waals surface area contributed by atoms with Gasteiger partial charge in [0.1, 0.15) is 9.75 Å². The van der Waals surface area contributed by atoms with Crippen LogP contribution in [0.25, 0.3) is 0 Å². The van der Waals surface area contributed by atoms with E-state index in [1.807, 2.05) is 42.5 Å². The number of thioether (sulfide) groups is 1. The van der Waals surface area contributed by atoms with E-state index in [2.05, 4.69) is 17.1 Å². The van der Waals surface area contributed by atoms with E-state index in [0.29, 0.717) is 11.6 Å². The van der Waals surface area contributed by atoms with Gasteiger partial charge in [-0.25, -0.2) is 4.99 Å². The van der Waals surface area contributed by atoms with Crippen LogP contribution in [0.1, 0.15) is 11.1 Å². The summed E-state index contributed by atoms with van der Waals surface area (Å²) in [4.78, 5) is 4.58. The maximum Gasteiger partial charge on any atom is 0.175 e. The highest BCUT2D eigenvalue weighted by atomic mass is 35.5. The molecule has 2 aromatic rings. The third kappa shape index (κ3) is 4.05. The maximum absolute atomic E-state index is 6.33. The molecule has 1 aliphatic rings. The van der Waals surface area contributed by atoms with Crippen LogP contribution in [0.2, 0.25) is 5.02 Å². The molecule has 114 valence electrons. The Kier molecular flexibility index (Phi) is 5.42. The highest BCUT2D eigenvalue weighted by molar-refractivity contribution is 8.16. The molecule has 22 heavy (non-hydrogen) atoms. The zero-order valence-electron chi connectivity index (χ0n) is 11.8. The summed E-state index contributed by atoms with van der Waals surface area (Å²) in [5.74, 6) is 0. The van der Waals surface area contributed by atoms with Crippen LogP contribution in [-0.2, 0) is 11.2 Å². The van der Waals surface area contributed by atoms with E-state index in [0.717, 1.165) is 17.0 Å². The fraction of sp³-hybridized carbons (Fsp3) is 0.235. The van der Waals surface area contributed by atoms with E-state index >= 15 is 0 Å². The van der Waals surface area contributed by atoms with Crippen molar-refractivity contribution in [2.75, 3.05) is 6.61 Å². The van der Waals surface area contributed by atoms with Crippen molar-refractivity contribution in [1.29, 1.82) is 0 Å². The minimum absolute atomic E-state index is 0.193. The second-order valence-corrected chi connectivity index (χ2v) is 7.20. The lowest BCUT2D eigenvalue weighted by Gasteiger charge is -2.11. The molecule has 0 spiro atoms. The Labute approximate surface area is 144 Å². The van der Waals surface area contributed by atoms with Gasteiger partial charge < -0.3 is 4.74 Å². The Morgan fingerprint density at radius 3 is 2.50 bits per heavy atom. The van der Waals surface area contributed by atoms with Gasteiger partial charge in [-0.3, -0.25) is 0 Å². The molecule has 0 N–H and O–H groups in total. The maximum atomic E-state index is 6.33. The van der Waals surface area contributed by atoms with Gasteiger partial charge in [0, 0.05) is 10.6 Å². The van der Waals surface area contributed by atoms with Crippen molar-refractivity contribution in [3.8, 4) is 0 Å². The Hall–Kier alpha value is -1.000. The molecule has 0 saturated heterocycles. The fourth-order valence-corrected chi connectivity index (χ4v) is 3.57. The number of aliphatic imine (C=N–C) groups is 1. The lowest BCUT2D eigenvalue weighted by atomic mass is 10.2. The average molecular weight is 352 g/mol. The molecule has 2 unspecified atom stereocenters. The van der Waals surface area contributed by atoms with Gasteiger partial charge in [0.15, 0.2) is 6.23 Å². The third-order valence-electron chi connectivity index (χ3n) is 3.31. The van der Waals surface area contributed by atoms with Crippen LogP contribution in [0.5, 0.6) is 0 Å². The van der Waals surface area contributed by atoms with Crippen LogP contribution >= 0.6 is 35.0 Å². The van der Waals surface area contributed by atoms with Crippen molar-refractivity contribution in [3.05, 3.63) is 70.7 Å². The minimum Gasteiger partial charge on any atom is -0.354 e. The monoisotopic (exact) mass is 351 g/mol. The van der Waals surface area contributed by atoms with Crippen molar-refractivity contribution in [1.82, 2.24) is 0 Å². The standard InChI is InChI=1S/C17H15Cl2NOS/c18-14-8-6-13(7-9-14)17-20-16(15(19)22-17)21-11-10-12-4-2-1-3-5-12/h1-9,15-16H,10-11H2. The average Bonchev–Trinajstić information content (AvgIpc) is 2.90. The number of nitrogens with zero attached hydrogens (tertiary/aromatic N) is 1. The van der Waals surface area contributed by atoms with E-state index in [4.69, 9.17) is 27.9 Å². The molecule has 0 radical (unpaired) electrons. The minimum atomic E-state index is -0.305. The molecule has 2 nitrogen and oxygen atoms in total. The normalized spacial score (nSPS) is 20.9. The molecule has 0 saturated carbocycles. The van der Waals surface area contributed by atoms with Crippen molar-refractivity contribution >= 4 is 40.0 Å². The summed E-state index contributed by atoms with van der Waals surface area (Å²) in [5, 5.41) is 1.62. The number of rotatable bonds is 5. The van der Waals surface area contributed by atoms with Gasteiger partial charge in [0.2, 0.25) is 0 Å². The summed E-state index contributed by atoms with van der Waals surface area (Å²) in [6, 6.07) is 17.9. The van der Waals surface area contributed by atoms with Crippen LogP contribution in [0.15, 0.2) is 59.6 Å². The highest BCUT2D eigenvalue weighted by Crippen LogP contribution is 2.34. The van der Waals surface area contributed by atoms with Gasteiger partial charge in [-0.05, 0) is 24.1 Å². The molecule has 5 heteroatoms. The van der Waals surface area contributed by atoms with Gasteiger partial charge in [0.25, 0.3) is 0 Å². The number of hydrogen-bond acceptors (Lipinski definition) is 3. The Balaban J connectivity index is 1.58. The molecule has 3 rings (SSSR count). The Morgan fingerprint density at radius 1 is 1.05 bits per heavy atom. The SMILES string of the molecule is Clc1ccc(C2=NC(OCCc3ccccc3)C(Cl)S2)cc1. The van der Waals surface area contributed by atoms with E-state index in [-0.39, 0.29) is 10.9 Å². The lowest BCUT2D eigenvalue weighted by molar-refractivity contribution is 0.0739. The molecule has 0 bridgehead atoms. The molecule has 0 amide bonds. The molecular formula is C17H15Cl2NOS. The van der Waals surface area contributed by atoms with E-state index in [1.165, 1.54) is 17.3 Å². The number of alkyl halides is 1.